The van der Waals surface area contributed by atoms with Crippen molar-refractivity contribution in [3.05, 3.63) is 83.4 Å². The highest BCUT2D eigenvalue weighted by molar-refractivity contribution is 7.92. The third-order valence-electron chi connectivity index (χ3n) is 5.77. The Morgan fingerprint density at radius 3 is 2.53 bits per heavy atom. The van der Waals surface area contributed by atoms with Crippen LogP contribution in [0, 0.1) is 0 Å². The molecule has 0 radical (unpaired) electrons. The van der Waals surface area contributed by atoms with Gasteiger partial charge in [0.1, 0.15) is 5.52 Å². The molecule has 0 saturated carbocycles. The number of halogens is 1. The standard InChI is InChI=1S/C24H19ClN2O4S/c25-18-7-9-19(10-8-18)32(29,30)20-12-13-27(15-20)24(28)17-6-11-22-21(14-17)23(31-26-22)16-4-2-1-3-5-16/h1-11,14,20H,12-13,15H2. The Balaban J connectivity index is 1.40. The van der Waals surface area contributed by atoms with Gasteiger partial charge in [-0.15, -0.1) is 0 Å². The summed E-state index contributed by atoms with van der Waals surface area (Å²) < 4.78 is 31.5. The van der Waals surface area contributed by atoms with Crippen molar-refractivity contribution >= 4 is 38.2 Å². The van der Waals surface area contributed by atoms with Crippen molar-refractivity contribution in [2.24, 2.45) is 0 Å². The Morgan fingerprint density at radius 2 is 1.78 bits per heavy atom. The summed E-state index contributed by atoms with van der Waals surface area (Å²) in [7, 11) is -3.55. The first-order chi connectivity index (χ1) is 15.4. The molecule has 1 saturated heterocycles. The van der Waals surface area contributed by atoms with Crippen molar-refractivity contribution in [1.82, 2.24) is 10.1 Å². The van der Waals surface area contributed by atoms with E-state index < -0.39 is 15.1 Å². The summed E-state index contributed by atoms with van der Waals surface area (Å²) >= 11 is 5.88. The molecule has 1 atom stereocenters. The number of aromatic nitrogens is 1. The van der Waals surface area contributed by atoms with Crippen LogP contribution in [0.15, 0.2) is 82.2 Å². The second-order valence-corrected chi connectivity index (χ2v) is 10.4. The van der Waals surface area contributed by atoms with E-state index in [2.05, 4.69) is 5.16 Å². The van der Waals surface area contributed by atoms with Crippen molar-refractivity contribution in [3.8, 4) is 11.3 Å². The Labute approximate surface area is 190 Å². The van der Waals surface area contributed by atoms with E-state index in [0.717, 1.165) is 10.9 Å². The summed E-state index contributed by atoms with van der Waals surface area (Å²) in [5.74, 6) is 0.390. The van der Waals surface area contributed by atoms with Gasteiger partial charge in [0, 0.05) is 29.2 Å². The molecule has 6 nitrogen and oxygen atoms in total. The molecule has 5 rings (SSSR count). The Kier molecular flexibility index (Phi) is 5.23. The number of carbonyl (C=O) groups is 1. The fourth-order valence-electron chi connectivity index (χ4n) is 4.04. The molecule has 0 spiro atoms. The molecule has 4 aromatic rings. The molecule has 1 unspecified atom stereocenters. The van der Waals surface area contributed by atoms with Gasteiger partial charge in [-0.1, -0.05) is 47.1 Å². The topological polar surface area (TPSA) is 80.5 Å². The molecule has 2 heterocycles. The van der Waals surface area contributed by atoms with Crippen LogP contribution in [0.5, 0.6) is 0 Å². The lowest BCUT2D eigenvalue weighted by molar-refractivity contribution is 0.0793. The Bertz CT molecular complexity index is 1400. The zero-order valence-electron chi connectivity index (χ0n) is 16.9. The highest BCUT2D eigenvalue weighted by Crippen LogP contribution is 2.31. The first kappa shape index (κ1) is 20.7. The van der Waals surface area contributed by atoms with Gasteiger partial charge in [0.15, 0.2) is 15.6 Å². The summed E-state index contributed by atoms with van der Waals surface area (Å²) in [6.07, 6.45) is 0.390. The van der Waals surface area contributed by atoms with Crippen molar-refractivity contribution in [1.29, 1.82) is 0 Å². The number of carbonyl (C=O) groups excluding carboxylic acids is 1. The predicted molar refractivity (Wildman–Crippen MR) is 122 cm³/mol. The third kappa shape index (κ3) is 3.67. The monoisotopic (exact) mass is 466 g/mol. The first-order valence-electron chi connectivity index (χ1n) is 10.2. The lowest BCUT2D eigenvalue weighted by atomic mass is 10.1. The average Bonchev–Trinajstić information content (AvgIpc) is 3.47. The second kappa shape index (κ2) is 8.07. The molecule has 1 aliphatic rings. The van der Waals surface area contributed by atoms with E-state index in [4.69, 9.17) is 16.1 Å². The molecule has 0 N–H and O–H groups in total. The zero-order chi connectivity index (χ0) is 22.3. The van der Waals surface area contributed by atoms with Gasteiger partial charge in [-0.2, -0.15) is 0 Å². The molecule has 1 fully saturated rings. The van der Waals surface area contributed by atoms with E-state index in [0.29, 0.717) is 34.8 Å². The summed E-state index contributed by atoms with van der Waals surface area (Å²) in [6.45, 7) is 0.528. The van der Waals surface area contributed by atoms with Gasteiger partial charge in [0.05, 0.1) is 15.5 Å². The van der Waals surface area contributed by atoms with E-state index in [1.165, 1.54) is 12.1 Å². The van der Waals surface area contributed by atoms with Crippen LogP contribution < -0.4 is 0 Å². The van der Waals surface area contributed by atoms with Crippen molar-refractivity contribution < 1.29 is 17.7 Å². The fraction of sp³-hybridized carbons (Fsp3) is 0.167. The summed E-state index contributed by atoms with van der Waals surface area (Å²) in [6, 6.07) is 20.9. The molecule has 1 aromatic heterocycles. The van der Waals surface area contributed by atoms with Crippen molar-refractivity contribution in [2.75, 3.05) is 13.1 Å². The van der Waals surface area contributed by atoms with Gasteiger partial charge in [0.2, 0.25) is 0 Å². The van der Waals surface area contributed by atoms with E-state index in [1.54, 1.807) is 35.2 Å². The summed E-state index contributed by atoms with van der Waals surface area (Å²) in [4.78, 5) is 15.0. The molecular weight excluding hydrogens is 448 g/mol. The van der Waals surface area contributed by atoms with Gasteiger partial charge < -0.3 is 9.42 Å². The summed E-state index contributed by atoms with van der Waals surface area (Å²) in [5.41, 5.74) is 2.00. The highest BCUT2D eigenvalue weighted by atomic mass is 35.5. The van der Waals surface area contributed by atoms with E-state index in [9.17, 15) is 13.2 Å². The SMILES string of the molecule is O=C(c1ccc2noc(-c3ccccc3)c2c1)N1CCC(S(=O)(=O)c2ccc(Cl)cc2)C1. The van der Waals surface area contributed by atoms with Gasteiger partial charge in [-0.05, 0) is 48.9 Å². The number of rotatable bonds is 4. The maximum atomic E-state index is 13.2. The number of sulfone groups is 1. The van der Waals surface area contributed by atoms with Crippen molar-refractivity contribution in [3.63, 3.8) is 0 Å². The smallest absolute Gasteiger partial charge is 0.253 e. The average molecular weight is 467 g/mol. The molecule has 1 aliphatic heterocycles. The Hall–Kier alpha value is -3.16. The maximum Gasteiger partial charge on any atom is 0.253 e. The predicted octanol–water partition coefficient (Wildman–Crippen LogP) is 4.84. The lowest BCUT2D eigenvalue weighted by Gasteiger charge is -2.17. The third-order valence-corrected chi connectivity index (χ3v) is 8.22. The van der Waals surface area contributed by atoms with Crippen LogP contribution >= 0.6 is 11.6 Å². The van der Waals surface area contributed by atoms with Gasteiger partial charge in [-0.3, -0.25) is 4.79 Å². The molecule has 32 heavy (non-hydrogen) atoms. The van der Waals surface area contributed by atoms with Crippen LogP contribution in [0.1, 0.15) is 16.8 Å². The molecule has 162 valence electrons. The van der Waals surface area contributed by atoms with E-state index in [-0.39, 0.29) is 17.3 Å². The van der Waals surface area contributed by atoms with Crippen LogP contribution in [-0.2, 0) is 9.84 Å². The number of fused-ring (bicyclic) bond motifs is 1. The molecule has 8 heteroatoms. The quantitative estimate of drug-likeness (QED) is 0.430. The zero-order valence-corrected chi connectivity index (χ0v) is 18.5. The normalized spacial score (nSPS) is 16.5. The van der Waals surface area contributed by atoms with Crippen LogP contribution in [-0.4, -0.2) is 42.7 Å². The second-order valence-electron chi connectivity index (χ2n) is 7.77. The maximum absolute atomic E-state index is 13.2. The van der Waals surface area contributed by atoms with Crippen LogP contribution in [0.25, 0.3) is 22.2 Å². The van der Waals surface area contributed by atoms with Crippen LogP contribution in [0.2, 0.25) is 5.02 Å². The molecule has 0 bridgehead atoms. The fourth-order valence-corrected chi connectivity index (χ4v) is 5.86. The van der Waals surface area contributed by atoms with Crippen LogP contribution in [0.3, 0.4) is 0 Å². The minimum Gasteiger partial charge on any atom is -0.355 e. The first-order valence-corrected chi connectivity index (χ1v) is 12.1. The van der Waals surface area contributed by atoms with Crippen molar-refractivity contribution in [2.45, 2.75) is 16.6 Å². The highest BCUT2D eigenvalue weighted by Gasteiger charge is 2.36. The van der Waals surface area contributed by atoms with Gasteiger partial charge >= 0.3 is 0 Å². The molecular formula is C24H19ClN2O4S. The van der Waals surface area contributed by atoms with Gasteiger partial charge in [-0.25, -0.2) is 8.42 Å². The minimum atomic E-state index is -3.55. The molecule has 0 aliphatic carbocycles. The number of benzene rings is 3. The summed E-state index contributed by atoms with van der Waals surface area (Å²) in [5, 5.41) is 4.66. The molecule has 1 amide bonds. The van der Waals surface area contributed by atoms with E-state index in [1.807, 2.05) is 30.3 Å². The number of likely N-dealkylation sites (tertiary alicyclic amines) is 1. The lowest BCUT2D eigenvalue weighted by Crippen LogP contribution is -2.31. The van der Waals surface area contributed by atoms with Crippen LogP contribution in [0.4, 0.5) is 0 Å². The minimum absolute atomic E-state index is 0.150. The molecule has 3 aromatic carbocycles. The number of amides is 1. The van der Waals surface area contributed by atoms with Gasteiger partial charge in [0.25, 0.3) is 5.91 Å². The number of hydrogen-bond donors (Lipinski definition) is 0. The van der Waals surface area contributed by atoms with E-state index >= 15 is 0 Å². The number of hydrogen-bond acceptors (Lipinski definition) is 5. The number of nitrogens with zero attached hydrogens (tertiary/aromatic N) is 2. The largest absolute Gasteiger partial charge is 0.355 e. The Morgan fingerprint density at radius 1 is 1.03 bits per heavy atom.